The molecule has 0 aromatic heterocycles. The highest BCUT2D eigenvalue weighted by Crippen LogP contribution is 2.36. The lowest BCUT2D eigenvalue weighted by Gasteiger charge is -2.40. The predicted octanol–water partition coefficient (Wildman–Crippen LogP) is 3.97. The van der Waals surface area contributed by atoms with Crippen LogP contribution in [0, 0.1) is 11.8 Å². The second-order valence-electron chi connectivity index (χ2n) is 9.17. The number of hydrogen-bond donors (Lipinski definition) is 1. The standard InChI is InChI=1S/C27H28F3N3O4/c28-27(29,30)26(36)37-31-24(34)23-18-20(17-19-7-3-1-4-8-19)11-12-22(23)25(35)33-15-13-32(14-16-33)21-9-5-2-6-10-21/h1-10,17,22-23H,11-16,18H2,(H,31,34). The Kier molecular flexibility index (Phi) is 8.15. The summed E-state index contributed by atoms with van der Waals surface area (Å²) in [6, 6.07) is 19.3. The molecule has 196 valence electrons. The predicted molar refractivity (Wildman–Crippen MR) is 131 cm³/mol. The van der Waals surface area contributed by atoms with E-state index in [0.29, 0.717) is 39.0 Å². The van der Waals surface area contributed by atoms with E-state index in [2.05, 4.69) is 9.74 Å². The first kappa shape index (κ1) is 26.2. The summed E-state index contributed by atoms with van der Waals surface area (Å²) in [5, 5.41) is 0. The molecule has 2 fully saturated rings. The second-order valence-corrected chi connectivity index (χ2v) is 9.17. The van der Waals surface area contributed by atoms with Crippen LogP contribution in [0.3, 0.4) is 0 Å². The van der Waals surface area contributed by atoms with Gasteiger partial charge in [0.15, 0.2) is 0 Å². The number of piperazine rings is 1. The lowest BCUT2D eigenvalue weighted by atomic mass is 9.75. The highest BCUT2D eigenvalue weighted by atomic mass is 19.4. The third kappa shape index (κ3) is 6.69. The topological polar surface area (TPSA) is 78.9 Å². The number of carbonyl (C=O) groups is 3. The molecule has 4 rings (SSSR count). The molecule has 2 unspecified atom stereocenters. The summed E-state index contributed by atoms with van der Waals surface area (Å²) in [4.78, 5) is 45.4. The van der Waals surface area contributed by atoms with E-state index in [4.69, 9.17) is 0 Å². The number of benzene rings is 2. The van der Waals surface area contributed by atoms with Crippen LogP contribution < -0.4 is 10.4 Å². The van der Waals surface area contributed by atoms with Crippen molar-refractivity contribution in [3.8, 4) is 0 Å². The molecule has 2 amide bonds. The molecule has 7 nitrogen and oxygen atoms in total. The van der Waals surface area contributed by atoms with E-state index in [0.717, 1.165) is 16.8 Å². The van der Waals surface area contributed by atoms with Crippen molar-refractivity contribution in [2.75, 3.05) is 31.1 Å². The molecule has 0 bridgehead atoms. The van der Waals surface area contributed by atoms with Crippen molar-refractivity contribution in [1.29, 1.82) is 0 Å². The van der Waals surface area contributed by atoms with Gasteiger partial charge in [-0.15, -0.1) is 0 Å². The molecule has 37 heavy (non-hydrogen) atoms. The molecule has 1 saturated heterocycles. The average molecular weight is 516 g/mol. The van der Waals surface area contributed by atoms with Crippen LogP contribution in [0.15, 0.2) is 66.2 Å². The van der Waals surface area contributed by atoms with Gasteiger partial charge < -0.3 is 14.6 Å². The number of hydrogen-bond acceptors (Lipinski definition) is 5. The zero-order valence-electron chi connectivity index (χ0n) is 20.1. The molecule has 2 atom stereocenters. The molecular weight excluding hydrogens is 487 g/mol. The number of carbonyl (C=O) groups excluding carboxylic acids is 3. The van der Waals surface area contributed by atoms with E-state index in [1.165, 1.54) is 0 Å². The number of hydroxylamine groups is 1. The maximum absolute atomic E-state index is 13.5. The number of anilines is 1. The number of amides is 2. The Hall–Kier alpha value is -3.82. The first-order valence-electron chi connectivity index (χ1n) is 12.1. The van der Waals surface area contributed by atoms with Crippen molar-refractivity contribution < 1.29 is 32.4 Å². The first-order valence-corrected chi connectivity index (χ1v) is 12.1. The summed E-state index contributed by atoms with van der Waals surface area (Å²) >= 11 is 0. The molecule has 2 aromatic rings. The summed E-state index contributed by atoms with van der Waals surface area (Å²) in [5.41, 5.74) is 4.52. The van der Waals surface area contributed by atoms with E-state index >= 15 is 0 Å². The van der Waals surface area contributed by atoms with Crippen molar-refractivity contribution in [2.45, 2.75) is 25.4 Å². The molecule has 1 saturated carbocycles. The maximum atomic E-state index is 13.5. The van der Waals surface area contributed by atoms with Gasteiger partial charge >= 0.3 is 12.1 Å². The SMILES string of the molecule is O=C(NOC(=O)C(F)(F)F)C1CC(=Cc2ccccc2)CCC1C(=O)N1CCN(c2ccccc2)CC1. The Morgan fingerprint density at radius 2 is 1.51 bits per heavy atom. The Morgan fingerprint density at radius 1 is 0.892 bits per heavy atom. The number of nitrogens with one attached hydrogen (secondary N) is 1. The van der Waals surface area contributed by atoms with Crippen molar-refractivity contribution >= 4 is 29.5 Å². The van der Waals surface area contributed by atoms with E-state index in [9.17, 15) is 27.6 Å². The highest BCUT2D eigenvalue weighted by molar-refractivity contribution is 5.89. The monoisotopic (exact) mass is 515 g/mol. The van der Waals surface area contributed by atoms with Crippen LogP contribution in [0.5, 0.6) is 0 Å². The van der Waals surface area contributed by atoms with E-state index in [-0.39, 0.29) is 12.3 Å². The molecule has 1 heterocycles. The third-order valence-electron chi connectivity index (χ3n) is 6.76. The van der Waals surface area contributed by atoms with Gasteiger partial charge in [-0.3, -0.25) is 9.59 Å². The van der Waals surface area contributed by atoms with Crippen LogP contribution in [-0.2, 0) is 19.2 Å². The van der Waals surface area contributed by atoms with Gasteiger partial charge in [0, 0.05) is 31.9 Å². The summed E-state index contributed by atoms with van der Waals surface area (Å²) in [5.74, 6) is -5.35. The Balaban J connectivity index is 1.46. The molecule has 10 heteroatoms. The number of rotatable bonds is 4. The molecule has 1 aliphatic carbocycles. The van der Waals surface area contributed by atoms with Crippen LogP contribution in [0.25, 0.3) is 6.08 Å². The van der Waals surface area contributed by atoms with Crippen molar-refractivity contribution in [1.82, 2.24) is 10.4 Å². The quantitative estimate of drug-likeness (QED) is 0.624. The minimum Gasteiger partial charge on any atom is -0.368 e. The van der Waals surface area contributed by atoms with Gasteiger partial charge in [0.25, 0.3) is 5.91 Å². The van der Waals surface area contributed by atoms with Crippen LogP contribution in [0.1, 0.15) is 24.8 Å². The van der Waals surface area contributed by atoms with Gasteiger partial charge in [-0.05, 0) is 37.0 Å². The van der Waals surface area contributed by atoms with Gasteiger partial charge in [0.2, 0.25) is 5.91 Å². The fourth-order valence-electron chi connectivity index (χ4n) is 4.84. The Labute approximate surface area is 212 Å². The summed E-state index contributed by atoms with van der Waals surface area (Å²) in [6.07, 6.45) is -2.22. The summed E-state index contributed by atoms with van der Waals surface area (Å²) in [7, 11) is 0. The normalized spacial score (nSPS) is 21.4. The van der Waals surface area contributed by atoms with Crippen LogP contribution >= 0.6 is 0 Å². The number of halogens is 3. The third-order valence-corrected chi connectivity index (χ3v) is 6.76. The largest absolute Gasteiger partial charge is 0.493 e. The molecule has 0 radical (unpaired) electrons. The van der Waals surface area contributed by atoms with Gasteiger partial charge in [0.1, 0.15) is 0 Å². The van der Waals surface area contributed by atoms with E-state index < -0.39 is 29.9 Å². The zero-order valence-corrected chi connectivity index (χ0v) is 20.1. The Morgan fingerprint density at radius 3 is 2.14 bits per heavy atom. The number of alkyl halides is 3. The molecule has 2 aromatic carbocycles. The van der Waals surface area contributed by atoms with Gasteiger partial charge in [-0.1, -0.05) is 60.2 Å². The average Bonchev–Trinajstić information content (AvgIpc) is 2.91. The van der Waals surface area contributed by atoms with Crippen molar-refractivity contribution in [2.24, 2.45) is 11.8 Å². The fourth-order valence-corrected chi connectivity index (χ4v) is 4.84. The number of nitrogens with zero attached hydrogens (tertiary/aromatic N) is 2. The molecular formula is C27H28F3N3O4. The minimum absolute atomic E-state index is 0.171. The molecule has 0 spiro atoms. The van der Waals surface area contributed by atoms with Crippen molar-refractivity contribution in [3.05, 3.63) is 71.8 Å². The lowest BCUT2D eigenvalue weighted by molar-refractivity contribution is -0.208. The lowest BCUT2D eigenvalue weighted by Crippen LogP contribution is -2.53. The summed E-state index contributed by atoms with van der Waals surface area (Å²) in [6.45, 7) is 2.19. The summed E-state index contributed by atoms with van der Waals surface area (Å²) < 4.78 is 37.6. The maximum Gasteiger partial charge on any atom is 0.493 e. The smallest absolute Gasteiger partial charge is 0.368 e. The fraction of sp³-hybridized carbons (Fsp3) is 0.370. The van der Waals surface area contributed by atoms with Crippen LogP contribution in [0.4, 0.5) is 18.9 Å². The minimum atomic E-state index is -5.24. The van der Waals surface area contributed by atoms with Gasteiger partial charge in [-0.2, -0.15) is 18.7 Å². The number of para-hydroxylation sites is 1. The van der Waals surface area contributed by atoms with Gasteiger partial charge in [0.05, 0.1) is 11.8 Å². The van der Waals surface area contributed by atoms with E-state index in [1.54, 1.807) is 10.4 Å². The zero-order chi connectivity index (χ0) is 26.4. The second kappa shape index (κ2) is 11.5. The highest BCUT2D eigenvalue weighted by Gasteiger charge is 2.44. The van der Waals surface area contributed by atoms with Crippen LogP contribution in [0.2, 0.25) is 0 Å². The van der Waals surface area contributed by atoms with E-state index in [1.807, 2.05) is 66.7 Å². The Bertz CT molecular complexity index is 1130. The molecule has 1 aliphatic heterocycles. The number of allylic oxidation sites excluding steroid dienone is 1. The molecule has 2 aliphatic rings. The van der Waals surface area contributed by atoms with Crippen LogP contribution in [-0.4, -0.2) is 55.0 Å². The van der Waals surface area contributed by atoms with Gasteiger partial charge in [-0.25, -0.2) is 4.79 Å². The first-order chi connectivity index (χ1) is 17.7. The molecule has 1 N–H and O–H groups in total. The van der Waals surface area contributed by atoms with Crippen molar-refractivity contribution in [3.63, 3.8) is 0 Å².